The number of anilines is 1. The monoisotopic (exact) mass is 474 g/mol. The van der Waals surface area contributed by atoms with Crippen LogP contribution in [0.15, 0.2) is 41.4 Å². The Labute approximate surface area is 183 Å². The van der Waals surface area contributed by atoms with E-state index in [9.17, 15) is 21.6 Å². The lowest BCUT2D eigenvalue weighted by Crippen LogP contribution is -2.62. The van der Waals surface area contributed by atoms with Crippen molar-refractivity contribution in [2.75, 3.05) is 31.1 Å². The molecule has 1 aromatic carbocycles. The molecule has 2 aromatic rings. The molecule has 2 unspecified atom stereocenters. The maximum Gasteiger partial charge on any atom is 0.419 e. The van der Waals surface area contributed by atoms with Gasteiger partial charge in [-0.15, -0.1) is 0 Å². The van der Waals surface area contributed by atoms with Gasteiger partial charge in [-0.25, -0.2) is 22.8 Å². The van der Waals surface area contributed by atoms with Crippen molar-refractivity contribution in [3.63, 3.8) is 0 Å². The van der Waals surface area contributed by atoms with Crippen LogP contribution in [0.2, 0.25) is 0 Å². The molecule has 0 N–H and O–H groups in total. The maximum absolute atomic E-state index is 15.5. The SMILES string of the molecule is CCc1nc(N2CCC3(OCCN3S(=O)(=O)c3ccccc3)C(F)C2)ncc1C(F)(F)F. The van der Waals surface area contributed by atoms with Gasteiger partial charge in [0.1, 0.15) is 0 Å². The topological polar surface area (TPSA) is 75.6 Å². The van der Waals surface area contributed by atoms with Crippen LogP contribution in [0.5, 0.6) is 0 Å². The third kappa shape index (κ3) is 3.84. The first-order chi connectivity index (χ1) is 15.1. The summed E-state index contributed by atoms with van der Waals surface area (Å²) < 4.78 is 87.9. The van der Waals surface area contributed by atoms with Gasteiger partial charge in [-0.1, -0.05) is 25.1 Å². The molecule has 32 heavy (non-hydrogen) atoms. The molecule has 3 heterocycles. The highest BCUT2D eigenvalue weighted by Crippen LogP contribution is 2.40. The Balaban J connectivity index is 1.59. The Morgan fingerprint density at radius 3 is 2.56 bits per heavy atom. The van der Waals surface area contributed by atoms with Gasteiger partial charge in [-0.2, -0.15) is 17.5 Å². The number of ether oxygens (including phenoxy) is 1. The number of aryl methyl sites for hydroxylation is 1. The number of alkyl halides is 4. The molecule has 2 aliphatic rings. The number of rotatable bonds is 4. The van der Waals surface area contributed by atoms with E-state index in [0.29, 0.717) is 6.20 Å². The number of hydrogen-bond acceptors (Lipinski definition) is 6. The second-order valence-corrected chi connectivity index (χ2v) is 9.49. The van der Waals surface area contributed by atoms with E-state index in [1.807, 2.05) is 0 Å². The molecular formula is C20H22F4N4O3S. The summed E-state index contributed by atoms with van der Waals surface area (Å²) in [5.74, 6) is -0.0252. The number of piperidine rings is 1. The molecule has 1 aromatic heterocycles. The summed E-state index contributed by atoms with van der Waals surface area (Å²) in [4.78, 5) is 9.26. The van der Waals surface area contributed by atoms with Crippen LogP contribution in [0.3, 0.4) is 0 Å². The normalized spacial score (nSPS) is 24.9. The highest BCUT2D eigenvalue weighted by atomic mass is 32.2. The van der Waals surface area contributed by atoms with Gasteiger partial charge in [0, 0.05) is 25.7 Å². The summed E-state index contributed by atoms with van der Waals surface area (Å²) in [6.45, 7) is 1.41. The average Bonchev–Trinajstić information content (AvgIpc) is 3.21. The van der Waals surface area contributed by atoms with Crippen LogP contribution in [0.4, 0.5) is 23.5 Å². The van der Waals surface area contributed by atoms with Gasteiger partial charge in [-0.05, 0) is 18.6 Å². The fraction of sp³-hybridized carbons (Fsp3) is 0.500. The molecule has 2 atom stereocenters. The fourth-order valence-electron chi connectivity index (χ4n) is 4.18. The summed E-state index contributed by atoms with van der Waals surface area (Å²) in [6.07, 6.45) is -5.62. The molecule has 4 rings (SSSR count). The Bertz CT molecular complexity index is 1080. The fourth-order valence-corrected chi connectivity index (χ4v) is 5.92. The van der Waals surface area contributed by atoms with Gasteiger partial charge in [-0.3, -0.25) is 0 Å². The zero-order chi connectivity index (χ0) is 23.1. The van der Waals surface area contributed by atoms with E-state index in [-0.39, 0.29) is 55.6 Å². The van der Waals surface area contributed by atoms with E-state index >= 15 is 4.39 Å². The van der Waals surface area contributed by atoms with E-state index in [1.54, 1.807) is 25.1 Å². The molecule has 2 aliphatic heterocycles. The summed E-state index contributed by atoms with van der Waals surface area (Å²) in [5, 5.41) is 0. The molecule has 2 fully saturated rings. The largest absolute Gasteiger partial charge is 0.419 e. The average molecular weight is 474 g/mol. The number of nitrogens with zero attached hydrogens (tertiary/aromatic N) is 4. The number of aromatic nitrogens is 2. The Kier molecular flexibility index (Phi) is 5.88. The molecule has 0 bridgehead atoms. The molecular weight excluding hydrogens is 452 g/mol. The summed E-state index contributed by atoms with van der Waals surface area (Å²) in [6, 6.07) is 7.72. The van der Waals surface area contributed by atoms with Crippen molar-refractivity contribution in [1.82, 2.24) is 14.3 Å². The number of hydrogen-bond donors (Lipinski definition) is 0. The van der Waals surface area contributed by atoms with E-state index in [1.165, 1.54) is 17.0 Å². The van der Waals surface area contributed by atoms with E-state index in [4.69, 9.17) is 4.74 Å². The summed E-state index contributed by atoms with van der Waals surface area (Å²) in [5.41, 5.74) is -2.78. The van der Waals surface area contributed by atoms with Gasteiger partial charge in [0.2, 0.25) is 16.0 Å². The van der Waals surface area contributed by atoms with Gasteiger partial charge >= 0.3 is 6.18 Å². The highest BCUT2D eigenvalue weighted by Gasteiger charge is 2.57. The lowest BCUT2D eigenvalue weighted by Gasteiger charge is -2.45. The smallest absolute Gasteiger partial charge is 0.355 e. The summed E-state index contributed by atoms with van der Waals surface area (Å²) >= 11 is 0. The van der Waals surface area contributed by atoms with Gasteiger partial charge in [0.25, 0.3) is 0 Å². The minimum Gasteiger partial charge on any atom is -0.355 e. The molecule has 174 valence electrons. The van der Waals surface area contributed by atoms with Crippen LogP contribution in [0.25, 0.3) is 0 Å². The second-order valence-electron chi connectivity index (χ2n) is 7.63. The second kappa shape index (κ2) is 8.23. The predicted molar refractivity (Wildman–Crippen MR) is 107 cm³/mol. The van der Waals surface area contributed by atoms with Crippen LogP contribution >= 0.6 is 0 Å². The van der Waals surface area contributed by atoms with Crippen LogP contribution in [-0.4, -0.2) is 60.8 Å². The minimum atomic E-state index is -4.58. The van der Waals surface area contributed by atoms with Crippen LogP contribution in [-0.2, 0) is 27.4 Å². The number of halogens is 4. The van der Waals surface area contributed by atoms with Crippen molar-refractivity contribution in [1.29, 1.82) is 0 Å². The Morgan fingerprint density at radius 2 is 1.94 bits per heavy atom. The van der Waals surface area contributed by atoms with Crippen LogP contribution in [0, 0.1) is 0 Å². The third-order valence-corrected chi connectivity index (χ3v) is 7.73. The summed E-state index contributed by atoms with van der Waals surface area (Å²) in [7, 11) is -4.00. The standard InChI is InChI=1S/C20H22F4N4O3S/c1-2-16-15(20(22,23)24)12-25-18(26-16)27-9-8-19(17(21)13-27)28(10-11-31-19)32(29,30)14-6-4-3-5-7-14/h3-7,12,17H,2,8-11,13H2,1H3. The van der Waals surface area contributed by atoms with E-state index in [2.05, 4.69) is 9.97 Å². The molecule has 0 amide bonds. The van der Waals surface area contributed by atoms with E-state index in [0.717, 1.165) is 4.31 Å². The third-order valence-electron chi connectivity index (χ3n) is 5.79. The number of benzene rings is 1. The Morgan fingerprint density at radius 1 is 1.22 bits per heavy atom. The van der Waals surface area contributed by atoms with Crippen molar-refractivity contribution >= 4 is 16.0 Å². The molecule has 12 heteroatoms. The van der Waals surface area contributed by atoms with Crippen LogP contribution in [0.1, 0.15) is 24.6 Å². The molecule has 0 radical (unpaired) electrons. The first-order valence-corrected chi connectivity index (χ1v) is 11.6. The van der Waals surface area contributed by atoms with Crippen LogP contribution < -0.4 is 4.90 Å². The van der Waals surface area contributed by atoms with Gasteiger partial charge in [0.05, 0.1) is 29.3 Å². The van der Waals surface area contributed by atoms with Gasteiger partial charge in [0.15, 0.2) is 11.9 Å². The quantitative estimate of drug-likeness (QED) is 0.635. The Hall–Kier alpha value is -2.31. The number of sulfonamides is 1. The zero-order valence-corrected chi connectivity index (χ0v) is 18.0. The van der Waals surface area contributed by atoms with Crippen molar-refractivity contribution in [2.24, 2.45) is 0 Å². The van der Waals surface area contributed by atoms with Crippen molar-refractivity contribution < 1.29 is 30.7 Å². The van der Waals surface area contributed by atoms with Crippen molar-refractivity contribution in [3.8, 4) is 0 Å². The van der Waals surface area contributed by atoms with Crippen molar-refractivity contribution in [2.45, 2.75) is 42.7 Å². The highest BCUT2D eigenvalue weighted by molar-refractivity contribution is 7.89. The van der Waals surface area contributed by atoms with Crippen molar-refractivity contribution in [3.05, 3.63) is 47.8 Å². The van der Waals surface area contributed by atoms with Gasteiger partial charge < -0.3 is 9.64 Å². The minimum absolute atomic E-state index is 0.00834. The molecule has 1 spiro atoms. The lowest BCUT2D eigenvalue weighted by molar-refractivity contribution is -0.138. The predicted octanol–water partition coefficient (Wildman–Crippen LogP) is 3.02. The molecule has 7 nitrogen and oxygen atoms in total. The molecule has 2 saturated heterocycles. The molecule has 0 aliphatic carbocycles. The zero-order valence-electron chi connectivity index (χ0n) is 17.2. The van der Waals surface area contributed by atoms with E-state index < -0.39 is 33.7 Å². The first kappa shape index (κ1) is 22.9. The maximum atomic E-state index is 15.5. The molecule has 0 saturated carbocycles. The lowest BCUT2D eigenvalue weighted by atomic mass is 9.99. The first-order valence-electron chi connectivity index (χ1n) is 10.1.